The number of hydrogen-bond donors (Lipinski definition) is 2. The van der Waals surface area contributed by atoms with Gasteiger partial charge in [-0.15, -0.1) is 0 Å². The predicted molar refractivity (Wildman–Crippen MR) is 79.9 cm³/mol. The lowest BCUT2D eigenvalue weighted by Crippen LogP contribution is -2.29. The summed E-state index contributed by atoms with van der Waals surface area (Å²) in [6, 6.07) is 3.58. The average molecular weight is 314 g/mol. The van der Waals surface area contributed by atoms with E-state index in [2.05, 4.69) is 24.1 Å². The van der Waals surface area contributed by atoms with E-state index in [9.17, 15) is 13.5 Å². The maximum Gasteiger partial charge on any atom is 0.156 e. The molecule has 0 saturated carbocycles. The Labute approximate surface area is 125 Å². The average Bonchev–Trinajstić information content (AvgIpc) is 2.64. The third-order valence-corrected chi connectivity index (χ3v) is 4.90. The molecular formula is C14H22N2O4S. The number of nitrogens with one attached hydrogen (secondary N) is 1. The van der Waals surface area contributed by atoms with Crippen LogP contribution in [-0.2, 0) is 16.4 Å². The van der Waals surface area contributed by atoms with Gasteiger partial charge in [-0.3, -0.25) is 4.98 Å². The molecule has 2 atom stereocenters. The summed E-state index contributed by atoms with van der Waals surface area (Å²) in [6.07, 6.45) is -0.117. The molecule has 118 valence electrons. The van der Waals surface area contributed by atoms with E-state index in [0.29, 0.717) is 18.2 Å². The Morgan fingerprint density at radius 2 is 2.19 bits per heavy atom. The van der Waals surface area contributed by atoms with Crippen molar-refractivity contribution < 1.29 is 18.3 Å². The summed E-state index contributed by atoms with van der Waals surface area (Å²) in [5.41, 5.74) is 0.891. The van der Waals surface area contributed by atoms with E-state index >= 15 is 0 Å². The van der Waals surface area contributed by atoms with Gasteiger partial charge < -0.3 is 15.2 Å². The van der Waals surface area contributed by atoms with Gasteiger partial charge >= 0.3 is 0 Å². The highest BCUT2D eigenvalue weighted by molar-refractivity contribution is 7.91. The molecule has 6 nitrogen and oxygen atoms in total. The molecule has 21 heavy (non-hydrogen) atoms. The lowest BCUT2D eigenvalue weighted by atomic mass is 10.2. The first kappa shape index (κ1) is 16.2. The van der Waals surface area contributed by atoms with Gasteiger partial charge in [0.05, 0.1) is 23.4 Å². The molecule has 0 spiro atoms. The third-order valence-electron chi connectivity index (χ3n) is 3.22. The maximum absolute atomic E-state index is 11.4. The molecule has 1 aromatic heterocycles. The van der Waals surface area contributed by atoms with Crippen LogP contribution >= 0.6 is 0 Å². The lowest BCUT2D eigenvalue weighted by Gasteiger charge is -2.15. The van der Waals surface area contributed by atoms with Crippen LogP contribution in [-0.4, -0.2) is 48.8 Å². The van der Waals surface area contributed by atoms with Gasteiger partial charge in [0.2, 0.25) is 0 Å². The fourth-order valence-corrected chi connectivity index (χ4v) is 3.82. The molecule has 0 amide bonds. The van der Waals surface area contributed by atoms with Crippen LogP contribution in [0.1, 0.15) is 19.5 Å². The van der Waals surface area contributed by atoms with Gasteiger partial charge in [-0.05, 0) is 24.6 Å². The monoisotopic (exact) mass is 314 g/mol. The van der Waals surface area contributed by atoms with Crippen LogP contribution in [0.4, 0.5) is 0 Å². The quantitative estimate of drug-likeness (QED) is 0.788. The summed E-state index contributed by atoms with van der Waals surface area (Å²) in [7, 11) is -3.20. The molecule has 2 N–H and O–H groups in total. The van der Waals surface area contributed by atoms with E-state index in [-0.39, 0.29) is 11.5 Å². The predicted octanol–water partition coefficient (Wildman–Crippen LogP) is 0.364. The number of aromatic nitrogens is 1. The van der Waals surface area contributed by atoms with E-state index in [4.69, 9.17) is 4.74 Å². The van der Waals surface area contributed by atoms with Crippen molar-refractivity contribution in [2.24, 2.45) is 5.92 Å². The van der Waals surface area contributed by atoms with Crippen molar-refractivity contribution in [2.45, 2.75) is 32.6 Å². The van der Waals surface area contributed by atoms with Crippen molar-refractivity contribution in [3.63, 3.8) is 0 Å². The summed E-state index contributed by atoms with van der Waals surface area (Å²) in [5.74, 6) is 0.677. The highest BCUT2D eigenvalue weighted by Gasteiger charge is 2.38. The van der Waals surface area contributed by atoms with Crippen LogP contribution < -0.4 is 10.1 Å². The maximum atomic E-state index is 11.4. The molecule has 7 heteroatoms. The summed E-state index contributed by atoms with van der Waals surface area (Å²) >= 11 is 0. The summed E-state index contributed by atoms with van der Waals surface area (Å²) < 4.78 is 28.3. The van der Waals surface area contributed by atoms with Gasteiger partial charge in [0.1, 0.15) is 18.0 Å². The molecule has 1 aliphatic heterocycles. The highest BCUT2D eigenvalue weighted by Crippen LogP contribution is 2.19. The molecule has 0 aromatic carbocycles. The Morgan fingerprint density at radius 3 is 2.71 bits per heavy atom. The Hall–Kier alpha value is -1.18. The molecule has 2 unspecified atom stereocenters. The highest BCUT2D eigenvalue weighted by atomic mass is 32.2. The van der Waals surface area contributed by atoms with Crippen LogP contribution in [0.25, 0.3) is 0 Å². The topological polar surface area (TPSA) is 88.5 Å². The number of hydrogen-bond acceptors (Lipinski definition) is 6. The molecule has 1 aliphatic rings. The van der Waals surface area contributed by atoms with Crippen molar-refractivity contribution in [1.29, 1.82) is 0 Å². The second kappa shape index (κ2) is 6.72. The molecule has 2 rings (SSSR count). The molecule has 1 aromatic rings. The second-order valence-corrected chi connectivity index (χ2v) is 7.96. The van der Waals surface area contributed by atoms with E-state index in [1.807, 2.05) is 6.07 Å². The van der Waals surface area contributed by atoms with Crippen LogP contribution in [0.2, 0.25) is 0 Å². The van der Waals surface area contributed by atoms with Gasteiger partial charge in [0.15, 0.2) is 9.84 Å². The Balaban J connectivity index is 1.88. The first-order valence-corrected chi connectivity index (χ1v) is 8.88. The lowest BCUT2D eigenvalue weighted by molar-refractivity contribution is 0.0735. The van der Waals surface area contributed by atoms with Crippen LogP contribution in [0, 0.1) is 5.92 Å². The number of aliphatic hydroxyl groups is 1. The fourth-order valence-electron chi connectivity index (χ4n) is 2.16. The van der Waals surface area contributed by atoms with Gasteiger partial charge in [-0.25, -0.2) is 8.42 Å². The SMILES string of the molecule is CC(C)CNCc1ccc(OC2CS(=O)(=O)CC2O)cn1. The first-order chi connectivity index (χ1) is 9.85. The largest absolute Gasteiger partial charge is 0.485 e. The molecule has 0 bridgehead atoms. The minimum atomic E-state index is -3.20. The number of rotatable bonds is 6. The van der Waals surface area contributed by atoms with E-state index in [0.717, 1.165) is 12.2 Å². The zero-order valence-corrected chi connectivity index (χ0v) is 13.1. The number of pyridine rings is 1. The summed E-state index contributed by atoms with van der Waals surface area (Å²) in [5, 5.41) is 13.0. The number of sulfone groups is 1. The van der Waals surface area contributed by atoms with Crippen LogP contribution in [0.3, 0.4) is 0 Å². The normalized spacial score (nSPS) is 24.4. The van der Waals surface area contributed by atoms with E-state index in [1.165, 1.54) is 0 Å². The van der Waals surface area contributed by atoms with Gasteiger partial charge in [0, 0.05) is 6.54 Å². The molecule has 0 radical (unpaired) electrons. The Morgan fingerprint density at radius 1 is 1.43 bits per heavy atom. The second-order valence-electron chi connectivity index (χ2n) is 5.81. The first-order valence-electron chi connectivity index (χ1n) is 7.06. The minimum absolute atomic E-state index is 0.147. The molecule has 0 aliphatic carbocycles. The third kappa shape index (κ3) is 4.94. The van der Waals surface area contributed by atoms with Crippen molar-refractivity contribution >= 4 is 9.84 Å². The van der Waals surface area contributed by atoms with Crippen molar-refractivity contribution in [3.05, 3.63) is 24.0 Å². The minimum Gasteiger partial charge on any atom is -0.485 e. The number of ether oxygens (including phenoxy) is 1. The van der Waals surface area contributed by atoms with E-state index < -0.39 is 22.0 Å². The smallest absolute Gasteiger partial charge is 0.156 e. The van der Waals surface area contributed by atoms with Crippen molar-refractivity contribution in [1.82, 2.24) is 10.3 Å². The van der Waals surface area contributed by atoms with Crippen LogP contribution in [0.15, 0.2) is 18.3 Å². The molecule has 2 heterocycles. The van der Waals surface area contributed by atoms with Crippen molar-refractivity contribution in [3.8, 4) is 5.75 Å². The van der Waals surface area contributed by atoms with Crippen molar-refractivity contribution in [2.75, 3.05) is 18.1 Å². The fraction of sp³-hybridized carbons (Fsp3) is 0.643. The number of nitrogens with zero attached hydrogens (tertiary/aromatic N) is 1. The summed E-state index contributed by atoms with van der Waals surface area (Å²) in [6.45, 7) is 5.88. The van der Waals surface area contributed by atoms with Gasteiger partial charge in [0.25, 0.3) is 0 Å². The van der Waals surface area contributed by atoms with Crippen LogP contribution in [0.5, 0.6) is 5.75 Å². The standard InChI is InChI=1S/C14H22N2O4S/c1-10(2)5-15-6-11-3-4-12(7-16-11)20-14-9-21(18,19)8-13(14)17/h3-4,7,10,13-15,17H,5-6,8-9H2,1-2H3. The van der Waals surface area contributed by atoms with Gasteiger partial charge in [-0.2, -0.15) is 0 Å². The zero-order chi connectivity index (χ0) is 15.5. The number of aliphatic hydroxyl groups excluding tert-OH is 1. The Bertz CT molecular complexity index is 557. The molecular weight excluding hydrogens is 292 g/mol. The zero-order valence-electron chi connectivity index (χ0n) is 12.3. The Kier molecular flexibility index (Phi) is 5.18. The molecule has 1 saturated heterocycles. The van der Waals surface area contributed by atoms with E-state index in [1.54, 1.807) is 12.3 Å². The van der Waals surface area contributed by atoms with Gasteiger partial charge in [-0.1, -0.05) is 13.8 Å². The molecule has 1 fully saturated rings. The summed E-state index contributed by atoms with van der Waals surface area (Å²) in [4.78, 5) is 4.26.